The number of benzene rings is 1. The Hall–Kier alpha value is -0.580. The molecule has 0 aliphatic heterocycles. The van der Waals surface area contributed by atoms with Crippen molar-refractivity contribution in [2.45, 2.75) is 31.4 Å². The second-order valence-corrected chi connectivity index (χ2v) is 5.48. The molecule has 1 saturated carbocycles. The highest BCUT2D eigenvalue weighted by atomic mass is 79.9. The van der Waals surface area contributed by atoms with E-state index in [0.29, 0.717) is 0 Å². The molecule has 0 aromatic heterocycles. The summed E-state index contributed by atoms with van der Waals surface area (Å²) in [6.45, 7) is 2.88. The van der Waals surface area contributed by atoms with Crippen molar-refractivity contribution in [3.05, 3.63) is 28.7 Å². The Morgan fingerprint density at radius 1 is 1.53 bits per heavy atom. The molecule has 1 aliphatic carbocycles. The first-order valence-corrected chi connectivity index (χ1v) is 6.73. The number of aliphatic hydroxyl groups excluding tert-OH is 1. The van der Waals surface area contributed by atoms with Crippen molar-refractivity contribution in [1.29, 1.82) is 0 Å². The Kier molecular flexibility index (Phi) is 4.07. The van der Waals surface area contributed by atoms with Gasteiger partial charge in [-0.15, -0.1) is 0 Å². The molecule has 0 heterocycles. The van der Waals surface area contributed by atoms with Gasteiger partial charge in [-0.1, -0.05) is 22.0 Å². The molecule has 1 aromatic rings. The van der Waals surface area contributed by atoms with Gasteiger partial charge < -0.3 is 15.2 Å². The zero-order valence-corrected chi connectivity index (χ0v) is 11.5. The third kappa shape index (κ3) is 3.00. The molecule has 1 fully saturated rings. The summed E-state index contributed by atoms with van der Waals surface area (Å²) in [7, 11) is 0. The Morgan fingerprint density at radius 3 is 2.88 bits per heavy atom. The Balaban J connectivity index is 1.97. The fourth-order valence-corrected chi connectivity index (χ4v) is 2.71. The molecule has 0 spiro atoms. The highest BCUT2D eigenvalue weighted by Gasteiger charge is 2.44. The Morgan fingerprint density at radius 2 is 2.29 bits per heavy atom. The van der Waals surface area contributed by atoms with E-state index < -0.39 is 0 Å². The molecule has 17 heavy (non-hydrogen) atoms. The van der Waals surface area contributed by atoms with Crippen molar-refractivity contribution in [2.75, 3.05) is 18.5 Å². The van der Waals surface area contributed by atoms with Crippen molar-refractivity contribution in [3.63, 3.8) is 0 Å². The van der Waals surface area contributed by atoms with Crippen molar-refractivity contribution in [2.24, 2.45) is 0 Å². The lowest BCUT2D eigenvalue weighted by molar-refractivity contribution is -0.0458. The lowest BCUT2D eigenvalue weighted by atomic mass is 9.74. The lowest BCUT2D eigenvalue weighted by Gasteiger charge is -2.47. The zero-order chi connectivity index (χ0) is 12.3. The fraction of sp³-hybridized carbons (Fsp3) is 0.538. The number of hydrogen-bond acceptors (Lipinski definition) is 3. The van der Waals surface area contributed by atoms with Gasteiger partial charge in [-0.2, -0.15) is 0 Å². The summed E-state index contributed by atoms with van der Waals surface area (Å²) >= 11 is 3.44. The Bertz CT molecular complexity index is 377. The summed E-state index contributed by atoms with van der Waals surface area (Å²) in [5.41, 5.74) is 0.823. The van der Waals surface area contributed by atoms with Gasteiger partial charge in [-0.05, 0) is 38.0 Å². The minimum absolute atomic E-state index is 0.142. The summed E-state index contributed by atoms with van der Waals surface area (Å²) in [6.07, 6.45) is 2.01. The van der Waals surface area contributed by atoms with E-state index in [1.807, 2.05) is 31.2 Å². The second kappa shape index (κ2) is 5.38. The maximum atomic E-state index is 9.52. The molecule has 0 saturated heterocycles. The molecule has 0 unspecified atom stereocenters. The van der Waals surface area contributed by atoms with Crippen LogP contribution in [-0.2, 0) is 4.74 Å². The number of anilines is 1. The molecule has 0 radical (unpaired) electrons. The van der Waals surface area contributed by atoms with Crippen LogP contribution in [-0.4, -0.2) is 30.0 Å². The number of halogens is 1. The topological polar surface area (TPSA) is 41.5 Å². The van der Waals surface area contributed by atoms with E-state index in [1.54, 1.807) is 0 Å². The number of nitrogens with one attached hydrogen (secondary N) is 1. The van der Waals surface area contributed by atoms with E-state index in [4.69, 9.17) is 4.74 Å². The van der Waals surface area contributed by atoms with Gasteiger partial charge in [0.05, 0.1) is 18.2 Å². The maximum absolute atomic E-state index is 9.52. The standard InChI is InChI=1S/C13H18BrNO2/c1-2-17-12-7-13(8-12,9-16)15-11-5-3-4-10(14)6-11/h3-6,12,15-16H,2,7-9H2,1H3. The smallest absolute Gasteiger partial charge is 0.0663 e. The molecular formula is C13H18BrNO2. The molecule has 0 amide bonds. The number of ether oxygens (including phenoxy) is 1. The van der Waals surface area contributed by atoms with Crippen molar-refractivity contribution >= 4 is 21.6 Å². The van der Waals surface area contributed by atoms with Crippen LogP contribution in [0.5, 0.6) is 0 Å². The number of rotatable bonds is 5. The van der Waals surface area contributed by atoms with Crippen LogP contribution >= 0.6 is 15.9 Å². The fourth-order valence-electron chi connectivity index (χ4n) is 2.31. The first-order chi connectivity index (χ1) is 8.17. The largest absolute Gasteiger partial charge is 0.394 e. The van der Waals surface area contributed by atoms with Crippen LogP contribution in [0.4, 0.5) is 5.69 Å². The van der Waals surface area contributed by atoms with E-state index >= 15 is 0 Å². The minimum atomic E-state index is -0.208. The van der Waals surface area contributed by atoms with Crippen LogP contribution in [0.25, 0.3) is 0 Å². The van der Waals surface area contributed by atoms with Crippen molar-refractivity contribution in [1.82, 2.24) is 0 Å². The van der Waals surface area contributed by atoms with Gasteiger partial charge in [0.15, 0.2) is 0 Å². The average Bonchev–Trinajstić information content (AvgIpc) is 2.26. The van der Waals surface area contributed by atoms with Gasteiger partial charge >= 0.3 is 0 Å². The van der Waals surface area contributed by atoms with Crippen LogP contribution in [0, 0.1) is 0 Å². The summed E-state index contributed by atoms with van der Waals surface area (Å²) in [4.78, 5) is 0. The van der Waals surface area contributed by atoms with Gasteiger partial charge in [0.25, 0.3) is 0 Å². The zero-order valence-electron chi connectivity index (χ0n) is 9.95. The second-order valence-electron chi connectivity index (χ2n) is 4.56. The monoisotopic (exact) mass is 299 g/mol. The minimum Gasteiger partial charge on any atom is -0.394 e. The third-order valence-corrected chi connectivity index (χ3v) is 3.67. The normalized spacial score (nSPS) is 27.6. The quantitative estimate of drug-likeness (QED) is 0.878. The van der Waals surface area contributed by atoms with Gasteiger partial charge in [-0.25, -0.2) is 0 Å². The van der Waals surface area contributed by atoms with Crippen LogP contribution in [0.2, 0.25) is 0 Å². The van der Waals surface area contributed by atoms with Gasteiger partial charge in [0, 0.05) is 16.8 Å². The first kappa shape index (κ1) is 12.9. The predicted molar refractivity (Wildman–Crippen MR) is 72.2 cm³/mol. The van der Waals surface area contributed by atoms with Gasteiger partial charge in [0.2, 0.25) is 0 Å². The van der Waals surface area contributed by atoms with E-state index in [9.17, 15) is 5.11 Å². The van der Waals surface area contributed by atoms with Gasteiger partial charge in [0.1, 0.15) is 0 Å². The summed E-state index contributed by atoms with van der Waals surface area (Å²) in [5, 5.41) is 12.9. The number of hydrogen-bond donors (Lipinski definition) is 2. The molecule has 0 bridgehead atoms. The van der Waals surface area contributed by atoms with Crippen molar-refractivity contribution in [3.8, 4) is 0 Å². The van der Waals surface area contributed by atoms with E-state index in [2.05, 4.69) is 21.2 Å². The molecule has 1 aliphatic rings. The molecule has 2 rings (SSSR count). The van der Waals surface area contributed by atoms with E-state index in [0.717, 1.165) is 29.6 Å². The van der Waals surface area contributed by atoms with Crippen LogP contribution in [0.1, 0.15) is 19.8 Å². The molecule has 94 valence electrons. The van der Waals surface area contributed by atoms with Crippen molar-refractivity contribution < 1.29 is 9.84 Å². The van der Waals surface area contributed by atoms with E-state index in [-0.39, 0.29) is 18.2 Å². The average molecular weight is 300 g/mol. The first-order valence-electron chi connectivity index (χ1n) is 5.94. The summed E-state index contributed by atoms with van der Waals surface area (Å²) < 4.78 is 6.57. The molecule has 2 N–H and O–H groups in total. The highest BCUT2D eigenvalue weighted by Crippen LogP contribution is 2.37. The maximum Gasteiger partial charge on any atom is 0.0663 e. The molecule has 4 heteroatoms. The summed E-state index contributed by atoms with van der Waals surface area (Å²) in [6, 6.07) is 8.00. The van der Waals surface area contributed by atoms with E-state index in [1.165, 1.54) is 0 Å². The molecule has 3 nitrogen and oxygen atoms in total. The predicted octanol–water partition coefficient (Wildman–Crippen LogP) is 2.79. The highest BCUT2D eigenvalue weighted by molar-refractivity contribution is 9.10. The third-order valence-electron chi connectivity index (χ3n) is 3.18. The summed E-state index contributed by atoms with van der Waals surface area (Å²) in [5.74, 6) is 0. The SMILES string of the molecule is CCOC1CC(CO)(Nc2cccc(Br)c2)C1. The van der Waals surface area contributed by atoms with Crippen LogP contribution in [0.3, 0.4) is 0 Å². The molecule has 1 aromatic carbocycles. The van der Waals surface area contributed by atoms with Crippen LogP contribution < -0.4 is 5.32 Å². The number of aliphatic hydroxyl groups is 1. The lowest BCUT2D eigenvalue weighted by Crippen LogP contribution is -2.56. The van der Waals surface area contributed by atoms with Gasteiger partial charge in [-0.3, -0.25) is 0 Å². The Labute approximate surface area is 110 Å². The molecule has 0 atom stereocenters. The van der Waals surface area contributed by atoms with Crippen LogP contribution in [0.15, 0.2) is 28.7 Å². The molecular weight excluding hydrogens is 282 g/mol.